The fourth-order valence-corrected chi connectivity index (χ4v) is 2.36. The number of rotatable bonds is 5. The number of alkyl halides is 1. The predicted molar refractivity (Wildman–Crippen MR) is 76.2 cm³/mol. The molecule has 3 nitrogen and oxygen atoms in total. The monoisotopic (exact) mass is 311 g/mol. The highest BCUT2D eigenvalue weighted by Crippen LogP contribution is 2.17. The van der Waals surface area contributed by atoms with Crippen molar-refractivity contribution < 1.29 is 9.53 Å². The molecule has 1 amide bonds. The van der Waals surface area contributed by atoms with Crippen LogP contribution in [0.2, 0.25) is 0 Å². The van der Waals surface area contributed by atoms with Crippen LogP contribution in [-0.4, -0.2) is 23.9 Å². The average Bonchev–Trinajstić information content (AvgIpc) is 2.91. The summed E-state index contributed by atoms with van der Waals surface area (Å²) in [5.74, 6) is -0.0230. The largest absolute Gasteiger partial charge is 0.368 e. The minimum Gasteiger partial charge on any atom is -0.368 e. The van der Waals surface area contributed by atoms with E-state index in [2.05, 4.69) is 27.3 Å². The summed E-state index contributed by atoms with van der Waals surface area (Å²) in [6.45, 7) is 0.698. The van der Waals surface area contributed by atoms with Crippen molar-refractivity contribution in [3.63, 3.8) is 0 Å². The number of anilines is 1. The minimum absolute atomic E-state index is 0.0230. The summed E-state index contributed by atoms with van der Waals surface area (Å²) in [6, 6.07) is 8.03. The van der Waals surface area contributed by atoms with E-state index in [0.29, 0.717) is 6.61 Å². The first kappa shape index (κ1) is 13.6. The summed E-state index contributed by atoms with van der Waals surface area (Å²) in [4.78, 5) is 11.9. The van der Waals surface area contributed by atoms with Gasteiger partial charge in [-0.25, -0.2) is 0 Å². The summed E-state index contributed by atoms with van der Waals surface area (Å²) >= 11 is 3.42. The molecule has 0 aromatic heterocycles. The number of amides is 1. The Kier molecular flexibility index (Phi) is 5.20. The highest BCUT2D eigenvalue weighted by Gasteiger charge is 2.23. The number of nitrogens with one attached hydrogen (secondary N) is 1. The molecule has 1 aromatic carbocycles. The molecule has 0 bridgehead atoms. The lowest BCUT2D eigenvalue weighted by atomic mass is 10.1. The van der Waals surface area contributed by atoms with Crippen LogP contribution in [0.15, 0.2) is 24.3 Å². The summed E-state index contributed by atoms with van der Waals surface area (Å²) < 4.78 is 5.36. The first-order valence-electron chi connectivity index (χ1n) is 6.37. The molecule has 0 spiro atoms. The smallest absolute Gasteiger partial charge is 0.253 e. The van der Waals surface area contributed by atoms with Gasteiger partial charge in [0.15, 0.2) is 0 Å². The van der Waals surface area contributed by atoms with Gasteiger partial charge in [-0.3, -0.25) is 4.79 Å². The van der Waals surface area contributed by atoms with Gasteiger partial charge in [0.1, 0.15) is 6.10 Å². The minimum atomic E-state index is -0.267. The van der Waals surface area contributed by atoms with E-state index < -0.39 is 0 Å². The molecule has 1 saturated heterocycles. The molecule has 4 heteroatoms. The van der Waals surface area contributed by atoms with Crippen molar-refractivity contribution >= 4 is 27.5 Å². The summed E-state index contributed by atoms with van der Waals surface area (Å²) in [6.07, 6.45) is 3.66. The highest BCUT2D eigenvalue weighted by molar-refractivity contribution is 9.09. The van der Waals surface area contributed by atoms with Crippen molar-refractivity contribution in [1.29, 1.82) is 0 Å². The Labute approximate surface area is 116 Å². The van der Waals surface area contributed by atoms with Crippen molar-refractivity contribution in [2.75, 3.05) is 17.3 Å². The van der Waals surface area contributed by atoms with Crippen LogP contribution in [0.25, 0.3) is 0 Å². The van der Waals surface area contributed by atoms with E-state index in [-0.39, 0.29) is 12.0 Å². The Bertz CT molecular complexity index is 403. The van der Waals surface area contributed by atoms with E-state index in [0.717, 1.165) is 36.7 Å². The zero-order chi connectivity index (χ0) is 12.8. The number of carbonyl (C=O) groups is 1. The first-order chi connectivity index (χ1) is 8.79. The molecule has 2 rings (SSSR count). The van der Waals surface area contributed by atoms with Gasteiger partial charge in [0, 0.05) is 17.6 Å². The SMILES string of the molecule is O=C(Nc1cccc(CCCBr)c1)C1CCCO1. The normalized spacial score (nSPS) is 18.8. The van der Waals surface area contributed by atoms with Gasteiger partial charge in [0.05, 0.1) is 0 Å². The average molecular weight is 312 g/mol. The van der Waals surface area contributed by atoms with Crippen LogP contribution < -0.4 is 5.32 Å². The van der Waals surface area contributed by atoms with Crippen molar-refractivity contribution in [3.05, 3.63) is 29.8 Å². The molecule has 1 unspecified atom stereocenters. The lowest BCUT2D eigenvalue weighted by molar-refractivity contribution is -0.124. The van der Waals surface area contributed by atoms with Gasteiger partial charge in [0.2, 0.25) is 0 Å². The third-order valence-electron chi connectivity index (χ3n) is 3.02. The van der Waals surface area contributed by atoms with Gasteiger partial charge in [-0.2, -0.15) is 0 Å². The van der Waals surface area contributed by atoms with Gasteiger partial charge < -0.3 is 10.1 Å². The van der Waals surface area contributed by atoms with E-state index in [4.69, 9.17) is 4.74 Å². The maximum absolute atomic E-state index is 11.9. The van der Waals surface area contributed by atoms with E-state index in [9.17, 15) is 4.79 Å². The van der Waals surface area contributed by atoms with Crippen LogP contribution >= 0.6 is 15.9 Å². The zero-order valence-electron chi connectivity index (χ0n) is 10.3. The van der Waals surface area contributed by atoms with E-state index >= 15 is 0 Å². The molecule has 0 radical (unpaired) electrons. The zero-order valence-corrected chi connectivity index (χ0v) is 11.9. The maximum atomic E-state index is 11.9. The van der Waals surface area contributed by atoms with E-state index in [1.807, 2.05) is 18.2 Å². The molecule has 1 N–H and O–H groups in total. The second-order valence-electron chi connectivity index (χ2n) is 4.48. The topological polar surface area (TPSA) is 38.3 Å². The molecule has 1 fully saturated rings. The molecule has 0 aliphatic carbocycles. The second kappa shape index (κ2) is 6.90. The number of hydrogen-bond donors (Lipinski definition) is 1. The second-order valence-corrected chi connectivity index (χ2v) is 5.28. The van der Waals surface area contributed by atoms with Crippen LogP contribution in [0.1, 0.15) is 24.8 Å². The third kappa shape index (κ3) is 3.82. The lowest BCUT2D eigenvalue weighted by Crippen LogP contribution is -2.26. The predicted octanol–water partition coefficient (Wildman–Crippen LogP) is 3.13. The summed E-state index contributed by atoms with van der Waals surface area (Å²) in [5, 5.41) is 3.92. The van der Waals surface area contributed by atoms with Gasteiger partial charge in [-0.15, -0.1) is 0 Å². The number of aryl methyl sites for hydroxylation is 1. The van der Waals surface area contributed by atoms with Crippen LogP contribution in [0.5, 0.6) is 0 Å². The van der Waals surface area contributed by atoms with Crippen molar-refractivity contribution in [1.82, 2.24) is 0 Å². The molecule has 0 saturated carbocycles. The van der Waals surface area contributed by atoms with Crippen molar-refractivity contribution in [3.8, 4) is 0 Å². The maximum Gasteiger partial charge on any atom is 0.253 e. The fraction of sp³-hybridized carbons (Fsp3) is 0.500. The van der Waals surface area contributed by atoms with Gasteiger partial charge in [-0.05, 0) is 43.4 Å². The van der Waals surface area contributed by atoms with Gasteiger partial charge >= 0.3 is 0 Å². The molecule has 1 aliphatic rings. The van der Waals surface area contributed by atoms with Gasteiger partial charge in [0.25, 0.3) is 5.91 Å². The molecule has 1 heterocycles. The Morgan fingerprint density at radius 1 is 1.50 bits per heavy atom. The number of ether oxygens (including phenoxy) is 1. The quantitative estimate of drug-likeness (QED) is 0.848. The number of benzene rings is 1. The number of carbonyl (C=O) groups excluding carboxylic acids is 1. The van der Waals surface area contributed by atoms with E-state index in [1.165, 1.54) is 5.56 Å². The van der Waals surface area contributed by atoms with Crippen LogP contribution in [0.3, 0.4) is 0 Å². The molecule has 98 valence electrons. The molecular formula is C14H18BrNO2. The molecule has 1 atom stereocenters. The standard InChI is InChI=1S/C14H18BrNO2/c15-8-2-5-11-4-1-6-12(10-11)16-14(17)13-7-3-9-18-13/h1,4,6,10,13H,2-3,5,7-9H2,(H,16,17). The Morgan fingerprint density at radius 3 is 3.11 bits per heavy atom. The lowest BCUT2D eigenvalue weighted by Gasteiger charge is -2.11. The van der Waals surface area contributed by atoms with Gasteiger partial charge in [-0.1, -0.05) is 28.1 Å². The summed E-state index contributed by atoms with van der Waals surface area (Å²) in [5.41, 5.74) is 2.11. The van der Waals surface area contributed by atoms with Crippen LogP contribution in [0, 0.1) is 0 Å². The first-order valence-corrected chi connectivity index (χ1v) is 7.49. The molecular weight excluding hydrogens is 294 g/mol. The van der Waals surface area contributed by atoms with E-state index in [1.54, 1.807) is 0 Å². The summed E-state index contributed by atoms with van der Waals surface area (Å²) in [7, 11) is 0. The van der Waals surface area contributed by atoms with Crippen molar-refractivity contribution in [2.45, 2.75) is 31.8 Å². The Morgan fingerprint density at radius 2 is 2.39 bits per heavy atom. The van der Waals surface area contributed by atoms with Crippen LogP contribution in [-0.2, 0) is 16.0 Å². The number of hydrogen-bond acceptors (Lipinski definition) is 2. The number of halogens is 1. The van der Waals surface area contributed by atoms with Crippen LogP contribution in [0.4, 0.5) is 5.69 Å². The van der Waals surface area contributed by atoms with Crippen molar-refractivity contribution in [2.24, 2.45) is 0 Å². The molecule has 1 aliphatic heterocycles. The fourth-order valence-electron chi connectivity index (χ4n) is 2.08. The highest BCUT2D eigenvalue weighted by atomic mass is 79.9. The Balaban J connectivity index is 1.93. The Hall–Kier alpha value is -0.870. The molecule has 1 aromatic rings. The third-order valence-corrected chi connectivity index (χ3v) is 3.58. The molecule has 18 heavy (non-hydrogen) atoms.